The van der Waals surface area contributed by atoms with E-state index in [9.17, 15) is 0 Å². The van der Waals surface area contributed by atoms with Gasteiger partial charge in [-0.25, -0.2) is 4.98 Å². The zero-order valence-corrected chi connectivity index (χ0v) is 10.1. The molecule has 3 rings (SSSR count). The zero-order chi connectivity index (χ0) is 12.5. The summed E-state index contributed by atoms with van der Waals surface area (Å²) in [6, 6.07) is 9.86. The van der Waals surface area contributed by atoms with Gasteiger partial charge in [0, 0.05) is 24.8 Å². The number of hydrogen-bond donors (Lipinski definition) is 1. The van der Waals surface area contributed by atoms with E-state index in [1.165, 1.54) is 0 Å². The van der Waals surface area contributed by atoms with Gasteiger partial charge in [-0.3, -0.25) is 4.98 Å². The molecule has 0 aliphatic rings. The highest BCUT2D eigenvalue weighted by atomic mass is 15.0. The van der Waals surface area contributed by atoms with Crippen molar-refractivity contribution < 1.29 is 0 Å². The fourth-order valence-electron chi connectivity index (χ4n) is 2.04. The predicted molar refractivity (Wildman–Crippen MR) is 71.0 cm³/mol. The van der Waals surface area contributed by atoms with E-state index in [2.05, 4.69) is 9.97 Å². The molecule has 18 heavy (non-hydrogen) atoms. The van der Waals surface area contributed by atoms with Crippen LogP contribution in [-0.2, 0) is 7.05 Å². The van der Waals surface area contributed by atoms with Crippen molar-refractivity contribution in [1.29, 1.82) is 0 Å². The Kier molecular flexibility index (Phi) is 2.57. The minimum atomic E-state index is -0.211. The van der Waals surface area contributed by atoms with Gasteiger partial charge < -0.3 is 10.3 Å². The number of aromatic nitrogens is 3. The Labute approximate surface area is 105 Å². The second-order valence-corrected chi connectivity index (χ2v) is 4.40. The smallest absolute Gasteiger partial charge is 0.0947 e. The Balaban J connectivity index is 2.03. The van der Waals surface area contributed by atoms with Crippen LogP contribution in [0, 0.1) is 0 Å². The van der Waals surface area contributed by atoms with Crippen molar-refractivity contribution >= 4 is 10.9 Å². The number of fused-ring (bicyclic) bond motifs is 1. The van der Waals surface area contributed by atoms with Crippen molar-refractivity contribution in [3.63, 3.8) is 0 Å². The molecule has 2 aromatic heterocycles. The van der Waals surface area contributed by atoms with Gasteiger partial charge in [-0.2, -0.15) is 0 Å². The second-order valence-electron chi connectivity index (χ2n) is 4.40. The summed E-state index contributed by atoms with van der Waals surface area (Å²) >= 11 is 0. The van der Waals surface area contributed by atoms with Gasteiger partial charge in [-0.15, -0.1) is 0 Å². The fourth-order valence-corrected chi connectivity index (χ4v) is 2.04. The van der Waals surface area contributed by atoms with E-state index >= 15 is 0 Å². The zero-order valence-electron chi connectivity index (χ0n) is 10.1. The number of hydrogen-bond acceptors (Lipinski definition) is 3. The van der Waals surface area contributed by atoms with E-state index in [1.54, 1.807) is 12.5 Å². The summed E-state index contributed by atoms with van der Waals surface area (Å²) < 4.78 is 1.90. The summed E-state index contributed by atoms with van der Waals surface area (Å²) in [6.07, 6.45) is 5.49. The molecule has 0 fully saturated rings. The number of pyridine rings is 1. The Morgan fingerprint density at radius 1 is 1.22 bits per heavy atom. The molecule has 1 atom stereocenters. The Hall–Kier alpha value is -2.20. The standard InChI is InChI=1S/C14H14N4/c1-18-8-13(17-9-18)14(15)11-5-4-10-3-2-6-16-12(10)7-11/h2-9,14H,15H2,1H3. The van der Waals surface area contributed by atoms with Crippen molar-refractivity contribution in [2.24, 2.45) is 12.8 Å². The largest absolute Gasteiger partial charge is 0.340 e. The molecular formula is C14H14N4. The lowest BCUT2D eigenvalue weighted by Gasteiger charge is -2.09. The summed E-state index contributed by atoms with van der Waals surface area (Å²) in [6.45, 7) is 0. The summed E-state index contributed by atoms with van der Waals surface area (Å²) in [5.41, 5.74) is 9.07. The Morgan fingerprint density at radius 2 is 2.11 bits per heavy atom. The van der Waals surface area contributed by atoms with Crippen LogP contribution in [0.4, 0.5) is 0 Å². The molecule has 1 aromatic carbocycles. The molecule has 90 valence electrons. The summed E-state index contributed by atoms with van der Waals surface area (Å²) in [4.78, 5) is 8.63. The number of rotatable bonds is 2. The van der Waals surface area contributed by atoms with Crippen LogP contribution in [0.2, 0.25) is 0 Å². The molecule has 0 saturated heterocycles. The van der Waals surface area contributed by atoms with Crippen LogP contribution >= 0.6 is 0 Å². The van der Waals surface area contributed by atoms with Gasteiger partial charge in [0.15, 0.2) is 0 Å². The molecule has 0 spiro atoms. The summed E-state index contributed by atoms with van der Waals surface area (Å²) in [5, 5.41) is 1.12. The molecule has 0 amide bonds. The summed E-state index contributed by atoms with van der Waals surface area (Å²) in [5.74, 6) is 0. The molecule has 2 N–H and O–H groups in total. The topological polar surface area (TPSA) is 56.7 Å². The van der Waals surface area contributed by atoms with Crippen molar-refractivity contribution in [2.45, 2.75) is 6.04 Å². The van der Waals surface area contributed by atoms with E-state index in [0.717, 1.165) is 22.2 Å². The molecular weight excluding hydrogens is 224 g/mol. The molecule has 3 aromatic rings. The maximum Gasteiger partial charge on any atom is 0.0947 e. The molecule has 1 unspecified atom stereocenters. The SMILES string of the molecule is Cn1cnc(C(N)c2ccc3cccnc3c2)c1. The molecule has 2 heterocycles. The van der Waals surface area contributed by atoms with Crippen LogP contribution in [0.5, 0.6) is 0 Å². The van der Waals surface area contributed by atoms with Crippen molar-refractivity contribution in [2.75, 3.05) is 0 Å². The number of imidazole rings is 1. The first-order valence-electron chi connectivity index (χ1n) is 5.82. The summed E-state index contributed by atoms with van der Waals surface area (Å²) in [7, 11) is 1.94. The molecule has 4 heteroatoms. The lowest BCUT2D eigenvalue weighted by Crippen LogP contribution is -2.12. The lowest BCUT2D eigenvalue weighted by atomic mass is 10.0. The van der Waals surface area contributed by atoms with Crippen molar-refractivity contribution in [1.82, 2.24) is 14.5 Å². The van der Waals surface area contributed by atoms with Crippen LogP contribution in [0.25, 0.3) is 10.9 Å². The van der Waals surface area contributed by atoms with Crippen LogP contribution in [0.1, 0.15) is 17.3 Å². The molecule has 0 radical (unpaired) electrons. The maximum atomic E-state index is 6.22. The van der Waals surface area contributed by atoms with E-state index in [-0.39, 0.29) is 6.04 Å². The third-order valence-corrected chi connectivity index (χ3v) is 3.03. The fraction of sp³-hybridized carbons (Fsp3) is 0.143. The highest BCUT2D eigenvalue weighted by Crippen LogP contribution is 2.21. The molecule has 4 nitrogen and oxygen atoms in total. The van der Waals surface area contributed by atoms with Crippen LogP contribution in [-0.4, -0.2) is 14.5 Å². The van der Waals surface area contributed by atoms with Gasteiger partial charge in [0.05, 0.1) is 23.6 Å². The minimum Gasteiger partial charge on any atom is -0.340 e. The highest BCUT2D eigenvalue weighted by Gasteiger charge is 2.11. The monoisotopic (exact) mass is 238 g/mol. The van der Waals surface area contributed by atoms with Gasteiger partial charge in [0.2, 0.25) is 0 Å². The number of benzene rings is 1. The highest BCUT2D eigenvalue weighted by molar-refractivity contribution is 5.79. The van der Waals surface area contributed by atoms with E-state index in [1.807, 2.05) is 48.1 Å². The average molecular weight is 238 g/mol. The van der Waals surface area contributed by atoms with Gasteiger partial charge in [0.1, 0.15) is 0 Å². The van der Waals surface area contributed by atoms with E-state index in [0.29, 0.717) is 0 Å². The Bertz CT molecular complexity index is 687. The predicted octanol–water partition coefficient (Wildman–Crippen LogP) is 2.02. The van der Waals surface area contributed by atoms with E-state index in [4.69, 9.17) is 5.73 Å². The van der Waals surface area contributed by atoms with Gasteiger partial charge in [-0.05, 0) is 17.7 Å². The quantitative estimate of drug-likeness (QED) is 0.743. The number of nitrogens with zero attached hydrogens (tertiary/aromatic N) is 3. The minimum absolute atomic E-state index is 0.211. The van der Waals surface area contributed by atoms with Crippen LogP contribution in [0.3, 0.4) is 0 Å². The first-order chi connectivity index (χ1) is 8.74. The van der Waals surface area contributed by atoms with E-state index < -0.39 is 0 Å². The third kappa shape index (κ3) is 1.87. The first-order valence-corrected chi connectivity index (χ1v) is 5.82. The third-order valence-electron chi connectivity index (χ3n) is 3.03. The number of nitrogens with two attached hydrogens (primary N) is 1. The molecule has 0 aliphatic heterocycles. The maximum absolute atomic E-state index is 6.22. The Morgan fingerprint density at radius 3 is 2.89 bits per heavy atom. The van der Waals surface area contributed by atoms with Crippen LogP contribution < -0.4 is 5.73 Å². The first kappa shape index (κ1) is 10.9. The van der Waals surface area contributed by atoms with Gasteiger partial charge >= 0.3 is 0 Å². The average Bonchev–Trinajstić information content (AvgIpc) is 2.84. The second kappa shape index (κ2) is 4.23. The number of aryl methyl sites for hydroxylation is 1. The van der Waals surface area contributed by atoms with Crippen LogP contribution in [0.15, 0.2) is 49.1 Å². The van der Waals surface area contributed by atoms with Gasteiger partial charge in [-0.1, -0.05) is 18.2 Å². The molecule has 0 bridgehead atoms. The molecule has 0 saturated carbocycles. The van der Waals surface area contributed by atoms with Gasteiger partial charge in [0.25, 0.3) is 0 Å². The van der Waals surface area contributed by atoms with Crippen molar-refractivity contribution in [3.8, 4) is 0 Å². The lowest BCUT2D eigenvalue weighted by molar-refractivity contribution is 0.836. The van der Waals surface area contributed by atoms with Crippen molar-refractivity contribution in [3.05, 3.63) is 60.3 Å². The molecule has 0 aliphatic carbocycles. The normalized spacial score (nSPS) is 12.8.